The van der Waals surface area contributed by atoms with Crippen LogP contribution in [0.4, 0.5) is 0 Å². The Morgan fingerprint density at radius 1 is 1.38 bits per heavy atom. The molecule has 1 aromatic rings. The predicted octanol–water partition coefficient (Wildman–Crippen LogP) is 2.80. The lowest BCUT2D eigenvalue weighted by Gasteiger charge is -2.28. The highest BCUT2D eigenvalue weighted by Gasteiger charge is 2.24. The van der Waals surface area contributed by atoms with Crippen LogP contribution >= 0.6 is 0 Å². The first kappa shape index (κ1) is 10.7. The van der Waals surface area contributed by atoms with E-state index in [1.165, 1.54) is 6.92 Å². The Morgan fingerprint density at radius 3 is 2.81 bits per heavy atom. The molecule has 1 aliphatic rings. The van der Waals surface area contributed by atoms with Gasteiger partial charge in [0.15, 0.2) is 11.5 Å². The van der Waals surface area contributed by atoms with E-state index in [0.29, 0.717) is 11.5 Å². The van der Waals surface area contributed by atoms with Gasteiger partial charge < -0.3 is 9.47 Å². The monoisotopic (exact) mass is 218 g/mol. The van der Waals surface area contributed by atoms with E-state index in [1.54, 1.807) is 6.07 Å². The fourth-order valence-electron chi connectivity index (χ4n) is 1.60. The van der Waals surface area contributed by atoms with Gasteiger partial charge in [-0.2, -0.15) is 0 Å². The summed E-state index contributed by atoms with van der Waals surface area (Å²) in [6.45, 7) is 5.29. The first-order valence-corrected chi connectivity index (χ1v) is 5.18. The third-order valence-corrected chi connectivity index (χ3v) is 2.29. The number of hydrogen-bond acceptors (Lipinski definition) is 3. The van der Waals surface area contributed by atoms with Crippen LogP contribution in [0.25, 0.3) is 6.08 Å². The van der Waals surface area contributed by atoms with Crippen LogP contribution in [0.2, 0.25) is 0 Å². The van der Waals surface area contributed by atoms with Gasteiger partial charge in [0.2, 0.25) is 0 Å². The Hall–Kier alpha value is -1.77. The Kier molecular flexibility index (Phi) is 2.46. The molecule has 0 fully saturated rings. The third kappa shape index (κ3) is 2.08. The van der Waals surface area contributed by atoms with Crippen molar-refractivity contribution in [2.45, 2.75) is 26.4 Å². The van der Waals surface area contributed by atoms with Gasteiger partial charge >= 0.3 is 5.97 Å². The van der Waals surface area contributed by atoms with Crippen molar-refractivity contribution in [1.29, 1.82) is 0 Å². The number of para-hydroxylation sites is 1. The lowest BCUT2D eigenvalue weighted by Crippen LogP contribution is -2.27. The van der Waals surface area contributed by atoms with Gasteiger partial charge in [-0.05, 0) is 26.0 Å². The molecular formula is C13H14O3. The summed E-state index contributed by atoms with van der Waals surface area (Å²) >= 11 is 0. The van der Waals surface area contributed by atoms with Crippen molar-refractivity contribution in [3.63, 3.8) is 0 Å². The van der Waals surface area contributed by atoms with E-state index in [2.05, 4.69) is 0 Å². The second-order valence-corrected chi connectivity index (χ2v) is 4.31. The Labute approximate surface area is 94.7 Å². The lowest BCUT2D eigenvalue weighted by molar-refractivity contribution is -0.132. The maximum Gasteiger partial charge on any atom is 0.308 e. The fraction of sp³-hybridized carbons (Fsp3) is 0.308. The first-order chi connectivity index (χ1) is 7.48. The van der Waals surface area contributed by atoms with E-state index in [0.717, 1.165) is 5.56 Å². The summed E-state index contributed by atoms with van der Waals surface area (Å²) in [7, 11) is 0. The second-order valence-electron chi connectivity index (χ2n) is 4.31. The molecule has 0 amide bonds. The largest absolute Gasteiger partial charge is 0.479 e. The van der Waals surface area contributed by atoms with Crippen molar-refractivity contribution in [3.8, 4) is 11.5 Å². The molecule has 0 N–H and O–H groups in total. The van der Waals surface area contributed by atoms with Crippen LogP contribution in [0.3, 0.4) is 0 Å². The maximum absolute atomic E-state index is 11.0. The molecule has 0 bridgehead atoms. The molecule has 0 radical (unpaired) electrons. The molecule has 0 aromatic heterocycles. The van der Waals surface area contributed by atoms with Gasteiger partial charge in [0, 0.05) is 12.5 Å². The number of benzene rings is 1. The SMILES string of the molecule is CC(=O)Oc1cccc2c1OC(C)(C)C=C2. The second kappa shape index (κ2) is 3.67. The fourth-order valence-corrected chi connectivity index (χ4v) is 1.60. The minimum absolute atomic E-state index is 0.343. The highest BCUT2D eigenvalue weighted by molar-refractivity contribution is 5.73. The average Bonchev–Trinajstić information content (AvgIpc) is 2.17. The number of hydrogen-bond donors (Lipinski definition) is 0. The van der Waals surface area contributed by atoms with E-state index in [1.807, 2.05) is 38.1 Å². The van der Waals surface area contributed by atoms with Crippen LogP contribution < -0.4 is 9.47 Å². The molecule has 0 saturated carbocycles. The van der Waals surface area contributed by atoms with E-state index >= 15 is 0 Å². The number of fused-ring (bicyclic) bond motifs is 1. The van der Waals surface area contributed by atoms with Gasteiger partial charge in [-0.15, -0.1) is 0 Å². The molecule has 1 heterocycles. The molecule has 0 aliphatic carbocycles. The Balaban J connectivity index is 2.44. The van der Waals surface area contributed by atoms with Crippen LogP contribution in [-0.4, -0.2) is 11.6 Å². The standard InChI is InChI=1S/C13H14O3/c1-9(14)15-11-6-4-5-10-7-8-13(2,3)16-12(10)11/h4-8H,1-3H3. The molecule has 16 heavy (non-hydrogen) atoms. The van der Waals surface area contributed by atoms with Crippen molar-refractivity contribution >= 4 is 12.0 Å². The number of rotatable bonds is 1. The minimum Gasteiger partial charge on any atom is -0.479 e. The molecular weight excluding hydrogens is 204 g/mol. The quantitative estimate of drug-likeness (QED) is 0.537. The minimum atomic E-state index is -0.372. The summed E-state index contributed by atoms with van der Waals surface area (Å²) in [4.78, 5) is 11.0. The summed E-state index contributed by atoms with van der Waals surface area (Å²) < 4.78 is 10.9. The van der Waals surface area contributed by atoms with Crippen LogP contribution in [0.5, 0.6) is 11.5 Å². The highest BCUT2D eigenvalue weighted by Crippen LogP contribution is 2.38. The summed E-state index contributed by atoms with van der Waals surface area (Å²) in [5.74, 6) is 0.761. The van der Waals surface area contributed by atoms with Gasteiger partial charge in [-0.1, -0.05) is 18.2 Å². The average molecular weight is 218 g/mol. The zero-order chi connectivity index (χ0) is 11.8. The molecule has 3 heteroatoms. The van der Waals surface area contributed by atoms with Gasteiger partial charge in [-0.3, -0.25) is 4.79 Å². The number of carbonyl (C=O) groups is 1. The summed E-state index contributed by atoms with van der Waals surface area (Å²) in [5, 5.41) is 0. The van der Waals surface area contributed by atoms with E-state index in [-0.39, 0.29) is 11.6 Å². The Morgan fingerprint density at radius 2 is 2.12 bits per heavy atom. The van der Waals surface area contributed by atoms with Crippen LogP contribution in [0, 0.1) is 0 Å². The van der Waals surface area contributed by atoms with Crippen LogP contribution in [0.15, 0.2) is 24.3 Å². The van der Waals surface area contributed by atoms with Gasteiger partial charge in [-0.25, -0.2) is 0 Å². The molecule has 0 atom stereocenters. The topological polar surface area (TPSA) is 35.5 Å². The van der Waals surface area contributed by atoms with Gasteiger partial charge in [0.1, 0.15) is 5.60 Å². The number of carbonyl (C=O) groups excluding carboxylic acids is 1. The molecule has 1 aliphatic heterocycles. The summed E-state index contributed by atoms with van der Waals surface area (Å²) in [6, 6.07) is 5.49. The molecule has 2 rings (SSSR count). The lowest BCUT2D eigenvalue weighted by atomic mass is 10.0. The first-order valence-electron chi connectivity index (χ1n) is 5.18. The highest BCUT2D eigenvalue weighted by atomic mass is 16.6. The number of esters is 1. The normalized spacial score (nSPS) is 16.2. The van der Waals surface area contributed by atoms with Crippen molar-refractivity contribution in [3.05, 3.63) is 29.8 Å². The summed E-state index contributed by atoms with van der Waals surface area (Å²) in [6.07, 6.45) is 3.96. The van der Waals surface area contributed by atoms with Crippen molar-refractivity contribution in [1.82, 2.24) is 0 Å². The van der Waals surface area contributed by atoms with Gasteiger partial charge in [0.05, 0.1) is 0 Å². The maximum atomic E-state index is 11.0. The van der Waals surface area contributed by atoms with Crippen molar-refractivity contribution in [2.24, 2.45) is 0 Å². The Bertz CT molecular complexity index is 458. The third-order valence-electron chi connectivity index (χ3n) is 2.29. The molecule has 3 nitrogen and oxygen atoms in total. The van der Waals surface area contributed by atoms with Crippen molar-refractivity contribution < 1.29 is 14.3 Å². The van der Waals surface area contributed by atoms with E-state index in [9.17, 15) is 4.79 Å². The molecule has 0 unspecified atom stereocenters. The molecule has 84 valence electrons. The number of ether oxygens (including phenoxy) is 2. The summed E-state index contributed by atoms with van der Waals surface area (Å²) in [5.41, 5.74) is 0.557. The van der Waals surface area contributed by atoms with Crippen molar-refractivity contribution in [2.75, 3.05) is 0 Å². The molecule has 1 aromatic carbocycles. The smallest absolute Gasteiger partial charge is 0.308 e. The predicted molar refractivity (Wildman–Crippen MR) is 61.5 cm³/mol. The zero-order valence-corrected chi connectivity index (χ0v) is 9.61. The molecule has 0 saturated heterocycles. The molecule has 0 spiro atoms. The van der Waals surface area contributed by atoms with Crippen LogP contribution in [-0.2, 0) is 4.79 Å². The van der Waals surface area contributed by atoms with Gasteiger partial charge in [0.25, 0.3) is 0 Å². The van der Waals surface area contributed by atoms with Crippen LogP contribution in [0.1, 0.15) is 26.3 Å². The zero-order valence-electron chi connectivity index (χ0n) is 9.61. The van der Waals surface area contributed by atoms with E-state index in [4.69, 9.17) is 9.47 Å². The van der Waals surface area contributed by atoms with E-state index < -0.39 is 0 Å².